The number of thiophene rings is 1. The van der Waals surface area contributed by atoms with E-state index in [2.05, 4.69) is 16.0 Å². The number of amides is 5. The zero-order chi connectivity index (χ0) is 32.0. The Hall–Kier alpha value is -3.28. The van der Waals surface area contributed by atoms with Crippen LogP contribution in [-0.2, 0) is 19.2 Å². The number of urea groups is 1. The number of nitrogens with two attached hydrogens (primary N) is 1. The zero-order valence-corrected chi connectivity index (χ0v) is 26.9. The van der Waals surface area contributed by atoms with Crippen molar-refractivity contribution in [1.82, 2.24) is 20.9 Å². The molecular formula is C31H45N5O6S. The molecule has 2 saturated carbocycles. The van der Waals surface area contributed by atoms with E-state index in [0.717, 1.165) is 0 Å². The smallest absolute Gasteiger partial charge is 0.315 e. The van der Waals surface area contributed by atoms with Crippen LogP contribution in [0.25, 0.3) is 0 Å². The predicted octanol–water partition coefficient (Wildman–Crippen LogP) is 2.49. The molecule has 0 spiro atoms. The molecule has 2 aliphatic carbocycles. The van der Waals surface area contributed by atoms with Crippen molar-refractivity contribution in [1.29, 1.82) is 0 Å². The fourth-order valence-electron chi connectivity index (χ4n) is 6.38. The van der Waals surface area contributed by atoms with Crippen LogP contribution in [0.5, 0.6) is 0 Å². The number of carbonyl (C=O) groups is 6. The first-order valence-corrected chi connectivity index (χ1v) is 15.9. The Labute approximate surface area is 257 Å². The van der Waals surface area contributed by atoms with Gasteiger partial charge in [0.25, 0.3) is 5.91 Å². The van der Waals surface area contributed by atoms with Crippen LogP contribution in [0.4, 0.5) is 4.79 Å². The highest BCUT2D eigenvalue weighted by molar-refractivity contribution is 7.12. The number of rotatable bonds is 12. The number of nitrogens with one attached hydrogen (secondary N) is 3. The lowest BCUT2D eigenvalue weighted by atomic mass is 9.85. The Kier molecular flexibility index (Phi) is 9.12. The third-order valence-electron chi connectivity index (χ3n) is 9.39. The molecule has 1 aromatic heterocycles. The van der Waals surface area contributed by atoms with Crippen molar-refractivity contribution in [3.63, 3.8) is 0 Å². The Morgan fingerprint density at radius 1 is 1.07 bits per heavy atom. The van der Waals surface area contributed by atoms with Gasteiger partial charge in [0, 0.05) is 19.0 Å². The Morgan fingerprint density at radius 3 is 2.23 bits per heavy atom. The minimum absolute atomic E-state index is 0.0398. The molecule has 3 aliphatic rings. The van der Waals surface area contributed by atoms with Crippen LogP contribution in [0.3, 0.4) is 0 Å². The fourth-order valence-corrected chi connectivity index (χ4v) is 7.05. The molecule has 4 rings (SSSR count). The molecule has 12 heteroatoms. The van der Waals surface area contributed by atoms with Gasteiger partial charge in [-0.3, -0.25) is 24.0 Å². The molecule has 0 bridgehead atoms. The third-order valence-corrected chi connectivity index (χ3v) is 10.3. The van der Waals surface area contributed by atoms with Crippen LogP contribution in [-0.4, -0.2) is 70.9 Å². The zero-order valence-electron chi connectivity index (χ0n) is 26.1. The second-order valence-electron chi connectivity index (χ2n) is 14.3. The molecule has 6 atom stereocenters. The monoisotopic (exact) mass is 615 g/mol. The first kappa shape index (κ1) is 32.6. The van der Waals surface area contributed by atoms with Crippen molar-refractivity contribution in [2.24, 2.45) is 40.2 Å². The number of fused-ring (bicyclic) bond motifs is 1. The molecule has 1 aliphatic heterocycles. The van der Waals surface area contributed by atoms with Gasteiger partial charge in [-0.15, -0.1) is 11.3 Å². The highest BCUT2D eigenvalue weighted by Crippen LogP contribution is 2.65. The van der Waals surface area contributed by atoms with E-state index < -0.39 is 59.1 Å². The first-order valence-electron chi connectivity index (χ1n) is 15.0. The van der Waals surface area contributed by atoms with Gasteiger partial charge in [-0.25, -0.2) is 4.79 Å². The lowest BCUT2D eigenvalue weighted by Gasteiger charge is -2.38. The number of ketones is 2. The van der Waals surface area contributed by atoms with Gasteiger partial charge in [-0.1, -0.05) is 54.5 Å². The van der Waals surface area contributed by atoms with E-state index in [1.54, 1.807) is 12.1 Å². The normalized spacial score (nSPS) is 24.4. The van der Waals surface area contributed by atoms with Crippen molar-refractivity contribution < 1.29 is 28.8 Å². The maximum Gasteiger partial charge on any atom is 0.315 e. The van der Waals surface area contributed by atoms with Gasteiger partial charge in [-0.05, 0) is 58.8 Å². The summed E-state index contributed by atoms with van der Waals surface area (Å²) in [7, 11) is 0. The van der Waals surface area contributed by atoms with E-state index in [1.165, 1.54) is 16.2 Å². The molecule has 1 aromatic rings. The second kappa shape index (κ2) is 12.0. The Balaban J connectivity index is 1.50. The van der Waals surface area contributed by atoms with E-state index in [-0.39, 0.29) is 41.3 Å². The van der Waals surface area contributed by atoms with Gasteiger partial charge in [0.1, 0.15) is 18.1 Å². The minimum atomic E-state index is -1.10. The van der Waals surface area contributed by atoms with Crippen molar-refractivity contribution in [2.75, 3.05) is 6.54 Å². The summed E-state index contributed by atoms with van der Waals surface area (Å²) >= 11 is 1.35. The summed E-state index contributed by atoms with van der Waals surface area (Å²) in [5.41, 5.74) is 4.37. The molecule has 1 saturated heterocycles. The summed E-state index contributed by atoms with van der Waals surface area (Å²) in [6.07, 6.45) is 1.53. The summed E-state index contributed by atoms with van der Waals surface area (Å²) in [5.74, 6) is -3.10. The molecule has 5 amide bonds. The Bertz CT molecular complexity index is 1280. The summed E-state index contributed by atoms with van der Waals surface area (Å²) in [4.78, 5) is 80.2. The van der Waals surface area contributed by atoms with Crippen LogP contribution >= 0.6 is 11.3 Å². The van der Waals surface area contributed by atoms with E-state index in [4.69, 9.17) is 5.73 Å². The van der Waals surface area contributed by atoms with Crippen LogP contribution < -0.4 is 21.7 Å². The number of Topliss-reactive ketones (excluding diaryl/α,β-unsaturated/α-hetero) is 2. The summed E-state index contributed by atoms with van der Waals surface area (Å²) in [6, 6.07) is -0.296. The average molecular weight is 616 g/mol. The highest BCUT2D eigenvalue weighted by atomic mass is 32.1. The van der Waals surface area contributed by atoms with Gasteiger partial charge in [0.2, 0.25) is 17.6 Å². The van der Waals surface area contributed by atoms with Crippen LogP contribution in [0.1, 0.15) is 77.4 Å². The summed E-state index contributed by atoms with van der Waals surface area (Å²) in [6.45, 7) is 13.8. The van der Waals surface area contributed by atoms with Crippen LogP contribution in [0.15, 0.2) is 17.5 Å². The number of carbonyl (C=O) groups excluding carboxylic acids is 6. The molecule has 3 fully saturated rings. The largest absolute Gasteiger partial charge is 0.363 e. The van der Waals surface area contributed by atoms with Crippen molar-refractivity contribution >= 4 is 46.7 Å². The van der Waals surface area contributed by atoms with Crippen LogP contribution in [0, 0.1) is 34.5 Å². The first-order chi connectivity index (χ1) is 19.9. The van der Waals surface area contributed by atoms with Crippen molar-refractivity contribution in [2.45, 2.75) is 91.9 Å². The second-order valence-corrected chi connectivity index (χ2v) is 15.3. The molecular weight excluding hydrogens is 570 g/mol. The minimum Gasteiger partial charge on any atom is -0.363 e. The SMILES string of the molecule is CC(C)[C@@H](CC(=O)c1cccs1)NC(=O)N[C@H](C(=O)N1C[C@H]2[C@@H]([C@H]1C(=O)NC(C(=O)C(N)=O)C1CC1)C2(C)C)C(C)(C)C. The van der Waals surface area contributed by atoms with E-state index in [0.29, 0.717) is 24.3 Å². The molecule has 43 heavy (non-hydrogen) atoms. The standard InChI is InChI=1S/C31H45N5O6S/c1-15(2)18(13-19(37)20-9-8-12-43-20)33-29(42)35-25(30(3,4)5)28(41)36-14-17-21(31(17,6)7)23(36)27(40)34-22(16-10-11-16)24(38)26(32)39/h8-9,12,15-18,21-23,25H,10-11,13-14H2,1-7H3,(H2,32,39)(H,34,40)(H2,33,35,42)/t17-,18+,21-,22?,23-,25+/m0/s1. The lowest BCUT2D eigenvalue weighted by Crippen LogP contribution is -2.62. The maximum absolute atomic E-state index is 14.2. The molecule has 1 unspecified atom stereocenters. The Morgan fingerprint density at radius 2 is 1.72 bits per heavy atom. The lowest BCUT2D eigenvalue weighted by molar-refractivity contribution is -0.145. The topological polar surface area (TPSA) is 168 Å². The molecule has 0 radical (unpaired) electrons. The molecule has 11 nitrogen and oxygen atoms in total. The van der Waals surface area contributed by atoms with Crippen LogP contribution in [0.2, 0.25) is 0 Å². The van der Waals surface area contributed by atoms with E-state index in [1.807, 2.05) is 53.8 Å². The van der Waals surface area contributed by atoms with Gasteiger partial charge in [0.05, 0.1) is 4.88 Å². The number of hydrogen-bond acceptors (Lipinski definition) is 7. The van der Waals surface area contributed by atoms with Gasteiger partial charge in [0.15, 0.2) is 5.78 Å². The van der Waals surface area contributed by atoms with Gasteiger partial charge >= 0.3 is 6.03 Å². The number of nitrogens with zero attached hydrogens (tertiary/aromatic N) is 1. The van der Waals surface area contributed by atoms with Crippen molar-refractivity contribution in [3.8, 4) is 0 Å². The average Bonchev–Trinajstić information content (AvgIpc) is 3.64. The highest BCUT2D eigenvalue weighted by Gasteiger charge is 2.70. The molecule has 5 N–H and O–H groups in total. The molecule has 0 aromatic carbocycles. The van der Waals surface area contributed by atoms with Gasteiger partial charge in [-0.2, -0.15) is 0 Å². The maximum atomic E-state index is 14.2. The number of piperidine rings is 1. The molecule has 2 heterocycles. The summed E-state index contributed by atoms with van der Waals surface area (Å²) < 4.78 is 0. The van der Waals surface area contributed by atoms with E-state index in [9.17, 15) is 28.8 Å². The number of primary amides is 1. The number of hydrogen-bond donors (Lipinski definition) is 4. The van der Waals surface area contributed by atoms with E-state index >= 15 is 0 Å². The molecule has 236 valence electrons. The number of likely N-dealkylation sites (tertiary alicyclic amines) is 1. The summed E-state index contributed by atoms with van der Waals surface area (Å²) in [5, 5.41) is 10.3. The van der Waals surface area contributed by atoms with Crippen molar-refractivity contribution in [3.05, 3.63) is 22.4 Å². The quantitative estimate of drug-likeness (QED) is 0.208. The predicted molar refractivity (Wildman–Crippen MR) is 162 cm³/mol. The third kappa shape index (κ3) is 6.94. The van der Waals surface area contributed by atoms with Gasteiger partial charge < -0.3 is 26.6 Å². The fraction of sp³-hybridized carbons (Fsp3) is 0.677.